The van der Waals surface area contributed by atoms with Crippen molar-refractivity contribution in [2.75, 3.05) is 7.05 Å². The van der Waals surface area contributed by atoms with Gasteiger partial charge in [-0.2, -0.15) is 5.10 Å². The van der Waals surface area contributed by atoms with Crippen LogP contribution in [-0.2, 0) is 0 Å². The minimum Gasteiger partial charge on any atom is -0.390 e. The van der Waals surface area contributed by atoms with Gasteiger partial charge in [0.2, 0.25) is 0 Å². The Morgan fingerprint density at radius 1 is 1.25 bits per heavy atom. The molecule has 0 radical (unpaired) electrons. The fourth-order valence-corrected chi connectivity index (χ4v) is 3.30. The highest BCUT2D eigenvalue weighted by atomic mass is 16.3. The first kappa shape index (κ1) is 16.7. The number of hydrogen-bond acceptors (Lipinski definition) is 4. The van der Waals surface area contributed by atoms with Crippen LogP contribution in [0.2, 0.25) is 0 Å². The van der Waals surface area contributed by atoms with Crippen molar-refractivity contribution in [1.82, 2.24) is 14.7 Å². The van der Waals surface area contributed by atoms with Crippen LogP contribution in [0.3, 0.4) is 0 Å². The maximum absolute atomic E-state index is 12.8. The van der Waals surface area contributed by atoms with Crippen LogP contribution in [0.4, 0.5) is 0 Å². The van der Waals surface area contributed by atoms with Gasteiger partial charge in [0.05, 0.1) is 17.8 Å². The molecule has 24 heavy (non-hydrogen) atoms. The molecule has 1 aliphatic carbocycles. The van der Waals surface area contributed by atoms with Crippen LogP contribution < -0.4 is 0 Å². The molecule has 128 valence electrons. The maximum atomic E-state index is 12.8. The Labute approximate surface area is 141 Å². The third kappa shape index (κ3) is 3.07. The van der Waals surface area contributed by atoms with Gasteiger partial charge in [-0.3, -0.25) is 4.79 Å². The van der Waals surface area contributed by atoms with Gasteiger partial charge in [-0.05, 0) is 44.4 Å². The van der Waals surface area contributed by atoms with E-state index in [-0.39, 0.29) is 11.9 Å². The predicted octanol–water partition coefficient (Wildman–Crippen LogP) is 1.53. The number of nitrogens with zero attached hydrogens (tertiary/aromatic N) is 3. The molecule has 0 unspecified atom stereocenters. The van der Waals surface area contributed by atoms with E-state index in [0.717, 1.165) is 17.8 Å². The summed E-state index contributed by atoms with van der Waals surface area (Å²) in [4.78, 5) is 14.3. The number of amides is 1. The van der Waals surface area contributed by atoms with Crippen molar-refractivity contribution in [1.29, 1.82) is 0 Å². The molecule has 2 aromatic rings. The zero-order chi connectivity index (χ0) is 17.3. The first-order chi connectivity index (χ1) is 11.5. The monoisotopic (exact) mass is 329 g/mol. The molecule has 1 fully saturated rings. The number of hydrogen-bond donors (Lipinski definition) is 2. The number of aliphatic hydroxyl groups is 2. The number of carbonyl (C=O) groups is 1. The van der Waals surface area contributed by atoms with Crippen LogP contribution in [-0.4, -0.2) is 56.1 Å². The molecule has 0 bridgehead atoms. The minimum absolute atomic E-state index is 0.245. The SMILES string of the molecule is Cc1cc(C(=O)N(C)[C@@H]2CCC[C@@H](O)[C@@H]2O)nn1-c1ccccc1. The van der Waals surface area contributed by atoms with Crippen molar-refractivity contribution in [2.24, 2.45) is 0 Å². The van der Waals surface area contributed by atoms with E-state index in [1.54, 1.807) is 17.8 Å². The van der Waals surface area contributed by atoms with Crippen LogP contribution in [0.5, 0.6) is 0 Å². The third-order valence-electron chi connectivity index (χ3n) is 4.71. The molecule has 1 heterocycles. The normalized spacial score (nSPS) is 23.9. The molecule has 3 atom stereocenters. The van der Waals surface area contributed by atoms with E-state index in [4.69, 9.17) is 0 Å². The average Bonchev–Trinajstić information content (AvgIpc) is 2.98. The molecular weight excluding hydrogens is 306 g/mol. The first-order valence-corrected chi connectivity index (χ1v) is 8.24. The Morgan fingerprint density at radius 3 is 2.67 bits per heavy atom. The second-order valence-corrected chi connectivity index (χ2v) is 6.39. The lowest BCUT2D eigenvalue weighted by atomic mass is 9.89. The lowest BCUT2D eigenvalue weighted by Crippen LogP contribution is -2.51. The fourth-order valence-electron chi connectivity index (χ4n) is 3.30. The molecule has 2 N–H and O–H groups in total. The van der Waals surface area contributed by atoms with E-state index in [9.17, 15) is 15.0 Å². The molecular formula is C18H23N3O3. The fraction of sp³-hybridized carbons (Fsp3) is 0.444. The Hall–Kier alpha value is -2.18. The van der Waals surface area contributed by atoms with Crippen LogP contribution in [0, 0.1) is 6.92 Å². The van der Waals surface area contributed by atoms with Gasteiger partial charge in [0.15, 0.2) is 5.69 Å². The van der Waals surface area contributed by atoms with E-state index in [0.29, 0.717) is 18.5 Å². The second-order valence-electron chi connectivity index (χ2n) is 6.39. The maximum Gasteiger partial charge on any atom is 0.274 e. The topological polar surface area (TPSA) is 78.6 Å². The van der Waals surface area contributed by atoms with Gasteiger partial charge in [-0.15, -0.1) is 0 Å². The van der Waals surface area contributed by atoms with Crippen molar-refractivity contribution in [3.8, 4) is 5.69 Å². The smallest absolute Gasteiger partial charge is 0.274 e. The molecule has 0 aliphatic heterocycles. The number of aromatic nitrogens is 2. The highest BCUT2D eigenvalue weighted by molar-refractivity contribution is 5.92. The molecule has 1 aliphatic rings. The zero-order valence-electron chi connectivity index (χ0n) is 14.0. The quantitative estimate of drug-likeness (QED) is 0.895. The van der Waals surface area contributed by atoms with Gasteiger partial charge in [0, 0.05) is 12.7 Å². The van der Waals surface area contributed by atoms with Crippen molar-refractivity contribution in [3.63, 3.8) is 0 Å². The number of aliphatic hydroxyl groups excluding tert-OH is 2. The van der Waals surface area contributed by atoms with Crippen molar-refractivity contribution < 1.29 is 15.0 Å². The molecule has 6 nitrogen and oxygen atoms in total. The highest BCUT2D eigenvalue weighted by Gasteiger charge is 2.35. The summed E-state index contributed by atoms with van der Waals surface area (Å²) in [5.41, 5.74) is 2.10. The molecule has 1 aromatic heterocycles. The summed E-state index contributed by atoms with van der Waals surface area (Å²) in [5.74, 6) is -0.245. The summed E-state index contributed by atoms with van der Waals surface area (Å²) in [6, 6.07) is 11.0. The summed E-state index contributed by atoms with van der Waals surface area (Å²) in [6.45, 7) is 1.90. The average molecular weight is 329 g/mol. The summed E-state index contributed by atoms with van der Waals surface area (Å²) in [7, 11) is 1.66. The van der Waals surface area contributed by atoms with E-state index >= 15 is 0 Å². The number of para-hydroxylation sites is 1. The molecule has 1 saturated carbocycles. The lowest BCUT2D eigenvalue weighted by molar-refractivity contribution is -0.0527. The number of likely N-dealkylation sites (N-methyl/N-ethyl adjacent to an activating group) is 1. The van der Waals surface area contributed by atoms with Crippen molar-refractivity contribution in [2.45, 2.75) is 44.4 Å². The van der Waals surface area contributed by atoms with Crippen molar-refractivity contribution >= 4 is 5.91 Å². The zero-order valence-corrected chi connectivity index (χ0v) is 14.0. The summed E-state index contributed by atoms with van der Waals surface area (Å²) in [6.07, 6.45) is 0.353. The van der Waals surface area contributed by atoms with E-state index < -0.39 is 12.2 Å². The molecule has 3 rings (SSSR count). The summed E-state index contributed by atoms with van der Waals surface area (Å²) >= 11 is 0. The van der Waals surface area contributed by atoms with Gasteiger partial charge in [0.1, 0.15) is 6.10 Å². The van der Waals surface area contributed by atoms with Gasteiger partial charge in [-0.25, -0.2) is 4.68 Å². The second kappa shape index (κ2) is 6.75. The van der Waals surface area contributed by atoms with Crippen LogP contribution in [0.1, 0.15) is 35.4 Å². The number of rotatable bonds is 3. The van der Waals surface area contributed by atoms with Gasteiger partial charge >= 0.3 is 0 Å². The third-order valence-corrected chi connectivity index (χ3v) is 4.71. The molecule has 0 spiro atoms. The van der Waals surface area contributed by atoms with Gasteiger partial charge < -0.3 is 15.1 Å². The largest absolute Gasteiger partial charge is 0.390 e. The Kier molecular flexibility index (Phi) is 4.69. The van der Waals surface area contributed by atoms with E-state index in [1.165, 1.54) is 4.90 Å². The van der Waals surface area contributed by atoms with E-state index in [2.05, 4.69) is 5.10 Å². The molecule has 1 aromatic carbocycles. The highest BCUT2D eigenvalue weighted by Crippen LogP contribution is 2.24. The Bertz CT molecular complexity index is 714. The number of benzene rings is 1. The predicted molar refractivity (Wildman–Crippen MR) is 90.0 cm³/mol. The molecule has 6 heteroatoms. The van der Waals surface area contributed by atoms with Crippen LogP contribution in [0.15, 0.2) is 36.4 Å². The van der Waals surface area contributed by atoms with Crippen LogP contribution in [0.25, 0.3) is 5.69 Å². The van der Waals surface area contributed by atoms with E-state index in [1.807, 2.05) is 37.3 Å². The standard InChI is InChI=1S/C18H23N3O3/c1-12-11-14(19-21(12)13-7-4-3-5-8-13)18(24)20(2)15-9-6-10-16(22)17(15)23/h3-5,7-8,11,15-17,22-23H,6,9-10H2,1-2H3/t15-,16-,17-/m1/s1. The number of aryl methyl sites for hydroxylation is 1. The minimum atomic E-state index is -0.912. The van der Waals surface area contributed by atoms with Crippen LogP contribution >= 0.6 is 0 Å². The Morgan fingerprint density at radius 2 is 1.96 bits per heavy atom. The summed E-state index contributed by atoms with van der Waals surface area (Å²) < 4.78 is 1.73. The lowest BCUT2D eigenvalue weighted by Gasteiger charge is -2.37. The first-order valence-electron chi connectivity index (χ1n) is 8.24. The molecule has 1 amide bonds. The Balaban J connectivity index is 1.83. The number of carbonyl (C=O) groups excluding carboxylic acids is 1. The van der Waals surface area contributed by atoms with Crippen molar-refractivity contribution in [3.05, 3.63) is 47.8 Å². The molecule has 0 saturated heterocycles. The van der Waals surface area contributed by atoms with Gasteiger partial charge in [0.25, 0.3) is 5.91 Å². The summed E-state index contributed by atoms with van der Waals surface area (Å²) in [5, 5.41) is 24.4. The van der Waals surface area contributed by atoms with Gasteiger partial charge in [-0.1, -0.05) is 18.2 Å².